The number of benzene rings is 2. The second kappa shape index (κ2) is 11.4. The first kappa shape index (κ1) is 25.4. The van der Waals surface area contributed by atoms with E-state index in [-0.39, 0.29) is 23.2 Å². The van der Waals surface area contributed by atoms with E-state index in [9.17, 15) is 4.79 Å². The maximum atomic E-state index is 12.5. The summed E-state index contributed by atoms with van der Waals surface area (Å²) in [6.45, 7) is 10.4. The number of amides is 1. The van der Waals surface area contributed by atoms with Gasteiger partial charge < -0.3 is 14.6 Å². The Morgan fingerprint density at radius 1 is 1.11 bits per heavy atom. The predicted molar refractivity (Wildman–Crippen MR) is 140 cm³/mol. The SMILES string of the molecule is Cn1c(SCC(=O)NCC2CN(Cc3ccccc3)CCO2)nnc1-c1ccc(C(C)(C)C)cc1. The first-order valence-corrected chi connectivity index (χ1v) is 13.1. The Labute approximate surface area is 212 Å². The van der Waals surface area contributed by atoms with Crippen molar-refractivity contribution >= 4 is 17.7 Å². The van der Waals surface area contributed by atoms with Gasteiger partial charge in [-0.3, -0.25) is 9.69 Å². The van der Waals surface area contributed by atoms with Gasteiger partial charge in [0.15, 0.2) is 11.0 Å². The van der Waals surface area contributed by atoms with Crippen LogP contribution < -0.4 is 5.32 Å². The maximum absolute atomic E-state index is 12.5. The molecule has 8 heteroatoms. The lowest BCUT2D eigenvalue weighted by atomic mass is 9.87. The topological polar surface area (TPSA) is 72.3 Å². The molecule has 186 valence electrons. The molecule has 0 saturated carbocycles. The highest BCUT2D eigenvalue weighted by Crippen LogP contribution is 2.27. The number of morpholine rings is 1. The molecule has 0 radical (unpaired) electrons. The molecule has 1 unspecified atom stereocenters. The van der Waals surface area contributed by atoms with Crippen molar-refractivity contribution in [2.24, 2.45) is 7.05 Å². The molecule has 1 fully saturated rings. The lowest BCUT2D eigenvalue weighted by molar-refractivity contribution is -0.119. The van der Waals surface area contributed by atoms with E-state index in [1.165, 1.54) is 22.9 Å². The Morgan fingerprint density at radius 3 is 2.57 bits per heavy atom. The quantitative estimate of drug-likeness (QED) is 0.480. The number of carbonyl (C=O) groups is 1. The molecule has 0 spiro atoms. The summed E-state index contributed by atoms with van der Waals surface area (Å²) in [6, 6.07) is 18.9. The van der Waals surface area contributed by atoms with Crippen LogP contribution in [0.5, 0.6) is 0 Å². The van der Waals surface area contributed by atoms with E-state index in [0.717, 1.165) is 36.2 Å². The highest BCUT2D eigenvalue weighted by molar-refractivity contribution is 7.99. The zero-order valence-corrected chi connectivity index (χ0v) is 21.8. The third kappa shape index (κ3) is 6.93. The lowest BCUT2D eigenvalue weighted by Gasteiger charge is -2.33. The number of ether oxygens (including phenoxy) is 1. The van der Waals surface area contributed by atoms with Gasteiger partial charge >= 0.3 is 0 Å². The number of thioether (sulfide) groups is 1. The number of aromatic nitrogens is 3. The van der Waals surface area contributed by atoms with Crippen LogP contribution >= 0.6 is 11.8 Å². The van der Waals surface area contributed by atoms with Crippen molar-refractivity contribution in [1.29, 1.82) is 0 Å². The Hall–Kier alpha value is -2.68. The van der Waals surface area contributed by atoms with Gasteiger partial charge in [0.05, 0.1) is 18.5 Å². The highest BCUT2D eigenvalue weighted by atomic mass is 32.2. The molecule has 3 aromatic rings. The fourth-order valence-corrected chi connectivity index (χ4v) is 4.85. The zero-order chi connectivity index (χ0) is 24.8. The van der Waals surface area contributed by atoms with Crippen LogP contribution in [0.15, 0.2) is 59.8 Å². The molecule has 35 heavy (non-hydrogen) atoms. The van der Waals surface area contributed by atoms with Crippen LogP contribution in [0.2, 0.25) is 0 Å². The predicted octanol–water partition coefficient (Wildman–Crippen LogP) is 3.89. The van der Waals surface area contributed by atoms with E-state index in [2.05, 4.69) is 89.7 Å². The minimum Gasteiger partial charge on any atom is -0.374 e. The molecule has 7 nitrogen and oxygen atoms in total. The van der Waals surface area contributed by atoms with E-state index < -0.39 is 0 Å². The third-order valence-corrected chi connectivity index (χ3v) is 7.20. The van der Waals surface area contributed by atoms with Crippen LogP contribution in [0.1, 0.15) is 31.9 Å². The molecule has 0 aliphatic carbocycles. The Balaban J connectivity index is 1.24. The summed E-state index contributed by atoms with van der Waals surface area (Å²) in [5, 5.41) is 12.4. The molecule has 2 aromatic carbocycles. The molecule has 1 atom stereocenters. The molecule has 1 saturated heterocycles. The van der Waals surface area contributed by atoms with Crippen LogP contribution in [-0.2, 0) is 28.5 Å². The molecule has 1 N–H and O–H groups in total. The second-order valence-corrected chi connectivity index (χ2v) is 10.9. The van der Waals surface area contributed by atoms with Crippen molar-refractivity contribution in [3.05, 3.63) is 65.7 Å². The van der Waals surface area contributed by atoms with E-state index in [1.807, 2.05) is 17.7 Å². The van der Waals surface area contributed by atoms with Gasteiger partial charge in [-0.2, -0.15) is 0 Å². The summed E-state index contributed by atoms with van der Waals surface area (Å²) in [6.07, 6.45) is -0.00101. The molecule has 4 rings (SSSR count). The molecular weight excluding hydrogens is 458 g/mol. The Morgan fingerprint density at radius 2 is 1.86 bits per heavy atom. The minimum atomic E-state index is -0.0298. The molecular formula is C27H35N5O2S. The standard InChI is InChI=1S/C27H35N5O2S/c1-27(2,3)22-12-10-21(11-13-22)25-29-30-26(31(25)4)35-19-24(33)28-16-23-18-32(14-15-34-23)17-20-8-6-5-7-9-20/h5-13,23H,14-19H2,1-4H3,(H,28,33). The van der Waals surface area contributed by atoms with Crippen molar-refractivity contribution in [3.8, 4) is 11.4 Å². The van der Waals surface area contributed by atoms with Gasteiger partial charge in [-0.25, -0.2) is 0 Å². The average molecular weight is 494 g/mol. The van der Waals surface area contributed by atoms with Gasteiger partial charge in [-0.05, 0) is 16.5 Å². The normalized spacial score (nSPS) is 16.9. The minimum absolute atomic E-state index is 0.00101. The first-order chi connectivity index (χ1) is 16.8. The number of carbonyl (C=O) groups excluding carboxylic acids is 1. The van der Waals surface area contributed by atoms with Crippen molar-refractivity contribution in [2.75, 3.05) is 32.0 Å². The van der Waals surface area contributed by atoms with Crippen LogP contribution in [0.4, 0.5) is 0 Å². The van der Waals surface area contributed by atoms with Gasteiger partial charge in [0, 0.05) is 38.8 Å². The van der Waals surface area contributed by atoms with E-state index in [0.29, 0.717) is 13.2 Å². The lowest BCUT2D eigenvalue weighted by Crippen LogP contribution is -2.47. The Kier molecular flexibility index (Phi) is 8.26. The van der Waals surface area contributed by atoms with E-state index in [4.69, 9.17) is 4.74 Å². The summed E-state index contributed by atoms with van der Waals surface area (Å²) in [5.74, 6) is 1.05. The smallest absolute Gasteiger partial charge is 0.230 e. The summed E-state index contributed by atoms with van der Waals surface area (Å²) in [4.78, 5) is 14.9. The van der Waals surface area contributed by atoms with Gasteiger partial charge in [-0.1, -0.05) is 87.1 Å². The summed E-state index contributed by atoms with van der Waals surface area (Å²) >= 11 is 1.39. The van der Waals surface area contributed by atoms with Gasteiger partial charge in [0.2, 0.25) is 5.91 Å². The van der Waals surface area contributed by atoms with Gasteiger partial charge in [0.25, 0.3) is 0 Å². The molecule has 0 bridgehead atoms. The van der Waals surface area contributed by atoms with Crippen molar-refractivity contribution in [2.45, 2.75) is 44.0 Å². The molecule has 1 aliphatic rings. The number of hydrogen-bond donors (Lipinski definition) is 1. The fraction of sp³-hybridized carbons (Fsp3) is 0.444. The second-order valence-electron chi connectivity index (χ2n) is 10.00. The third-order valence-electron chi connectivity index (χ3n) is 6.18. The molecule has 1 amide bonds. The Bertz CT molecular complexity index is 1110. The number of nitrogens with zero attached hydrogens (tertiary/aromatic N) is 4. The van der Waals surface area contributed by atoms with Crippen molar-refractivity contribution in [3.63, 3.8) is 0 Å². The summed E-state index contributed by atoms with van der Waals surface area (Å²) in [5.41, 5.74) is 3.69. The highest BCUT2D eigenvalue weighted by Gasteiger charge is 2.21. The summed E-state index contributed by atoms with van der Waals surface area (Å²) < 4.78 is 7.81. The van der Waals surface area contributed by atoms with Gasteiger partial charge in [0.1, 0.15) is 0 Å². The maximum Gasteiger partial charge on any atom is 0.230 e. The number of hydrogen-bond acceptors (Lipinski definition) is 6. The number of nitrogens with one attached hydrogen (secondary N) is 1. The van der Waals surface area contributed by atoms with Crippen LogP contribution in [0.3, 0.4) is 0 Å². The monoisotopic (exact) mass is 493 g/mol. The molecule has 1 aliphatic heterocycles. The van der Waals surface area contributed by atoms with E-state index in [1.54, 1.807) is 0 Å². The summed E-state index contributed by atoms with van der Waals surface area (Å²) in [7, 11) is 1.93. The largest absolute Gasteiger partial charge is 0.374 e. The molecule has 1 aromatic heterocycles. The van der Waals surface area contributed by atoms with Gasteiger partial charge in [-0.15, -0.1) is 10.2 Å². The van der Waals surface area contributed by atoms with Crippen LogP contribution in [0, 0.1) is 0 Å². The van der Waals surface area contributed by atoms with E-state index >= 15 is 0 Å². The van der Waals surface area contributed by atoms with Crippen molar-refractivity contribution < 1.29 is 9.53 Å². The van der Waals surface area contributed by atoms with Crippen LogP contribution in [-0.4, -0.2) is 63.7 Å². The zero-order valence-electron chi connectivity index (χ0n) is 21.0. The van der Waals surface area contributed by atoms with Crippen LogP contribution in [0.25, 0.3) is 11.4 Å². The average Bonchev–Trinajstić information content (AvgIpc) is 3.22. The first-order valence-electron chi connectivity index (χ1n) is 12.1. The number of rotatable bonds is 8. The molecule has 2 heterocycles. The fourth-order valence-electron chi connectivity index (χ4n) is 4.11. The van der Waals surface area contributed by atoms with Crippen molar-refractivity contribution in [1.82, 2.24) is 25.0 Å².